The van der Waals surface area contributed by atoms with Crippen molar-refractivity contribution >= 4 is 27.3 Å². The molecule has 0 unspecified atom stereocenters. The van der Waals surface area contributed by atoms with Crippen molar-refractivity contribution in [3.8, 4) is 0 Å². The summed E-state index contributed by atoms with van der Waals surface area (Å²) in [6, 6.07) is 9.38. The van der Waals surface area contributed by atoms with E-state index in [0.717, 1.165) is 11.3 Å². The third kappa shape index (κ3) is 3.33. The zero-order valence-electron chi connectivity index (χ0n) is 10.7. The summed E-state index contributed by atoms with van der Waals surface area (Å²) < 4.78 is 13.8. The molecule has 0 bridgehead atoms. The SMILES string of the molecule is Cc1cc(NCc2ccc([N+](=O)[O-])cc2Br)ccc1F. The number of non-ortho nitro benzene ring substituents is 1. The van der Waals surface area contributed by atoms with Crippen LogP contribution in [-0.4, -0.2) is 4.92 Å². The van der Waals surface area contributed by atoms with E-state index in [-0.39, 0.29) is 11.5 Å². The highest BCUT2D eigenvalue weighted by Gasteiger charge is 2.09. The van der Waals surface area contributed by atoms with Gasteiger partial charge in [-0.3, -0.25) is 10.1 Å². The first-order chi connectivity index (χ1) is 9.47. The summed E-state index contributed by atoms with van der Waals surface area (Å²) in [7, 11) is 0. The van der Waals surface area contributed by atoms with Crippen molar-refractivity contribution in [2.75, 3.05) is 5.32 Å². The van der Waals surface area contributed by atoms with Crippen molar-refractivity contribution in [2.24, 2.45) is 0 Å². The molecule has 0 saturated carbocycles. The average molecular weight is 339 g/mol. The van der Waals surface area contributed by atoms with Crippen molar-refractivity contribution in [1.29, 1.82) is 0 Å². The standard InChI is InChI=1S/C14H12BrFN2O2/c1-9-6-11(3-5-14(9)16)17-8-10-2-4-12(18(19)20)7-13(10)15/h2-7,17H,8H2,1H3. The number of rotatable bonds is 4. The van der Waals surface area contributed by atoms with Gasteiger partial charge in [0.25, 0.3) is 5.69 Å². The molecule has 0 fully saturated rings. The first kappa shape index (κ1) is 14.5. The van der Waals surface area contributed by atoms with Crippen molar-refractivity contribution in [3.05, 3.63) is 67.9 Å². The third-order valence-electron chi connectivity index (χ3n) is 2.89. The van der Waals surface area contributed by atoms with Gasteiger partial charge in [0.05, 0.1) is 4.92 Å². The van der Waals surface area contributed by atoms with E-state index in [1.54, 1.807) is 25.1 Å². The van der Waals surface area contributed by atoms with E-state index in [1.165, 1.54) is 18.2 Å². The van der Waals surface area contributed by atoms with Gasteiger partial charge in [-0.25, -0.2) is 4.39 Å². The third-order valence-corrected chi connectivity index (χ3v) is 3.63. The summed E-state index contributed by atoms with van der Waals surface area (Å²) >= 11 is 3.31. The number of halogens is 2. The zero-order valence-corrected chi connectivity index (χ0v) is 12.3. The van der Waals surface area contributed by atoms with E-state index >= 15 is 0 Å². The molecule has 104 valence electrons. The Kier molecular flexibility index (Phi) is 4.34. The van der Waals surface area contributed by atoms with Crippen LogP contribution < -0.4 is 5.32 Å². The summed E-state index contributed by atoms with van der Waals surface area (Å²) in [5.74, 6) is -0.243. The van der Waals surface area contributed by atoms with Crippen LogP contribution >= 0.6 is 15.9 Å². The number of nitrogens with one attached hydrogen (secondary N) is 1. The number of hydrogen-bond donors (Lipinski definition) is 1. The number of hydrogen-bond acceptors (Lipinski definition) is 3. The Balaban J connectivity index is 2.10. The molecule has 0 heterocycles. The molecule has 0 radical (unpaired) electrons. The predicted molar refractivity (Wildman–Crippen MR) is 79.3 cm³/mol. The highest BCUT2D eigenvalue weighted by atomic mass is 79.9. The molecule has 2 rings (SSSR count). The number of nitrogens with zero attached hydrogens (tertiary/aromatic N) is 1. The number of nitro benzene ring substituents is 1. The van der Waals surface area contributed by atoms with E-state index in [2.05, 4.69) is 21.2 Å². The Hall–Kier alpha value is -1.95. The van der Waals surface area contributed by atoms with E-state index in [0.29, 0.717) is 16.6 Å². The fourth-order valence-corrected chi connectivity index (χ4v) is 2.25. The molecule has 0 atom stereocenters. The minimum atomic E-state index is -0.439. The number of nitro groups is 1. The predicted octanol–water partition coefficient (Wildman–Crippen LogP) is 4.42. The van der Waals surface area contributed by atoms with E-state index in [4.69, 9.17) is 0 Å². The molecule has 0 spiro atoms. The van der Waals surface area contributed by atoms with Gasteiger partial charge in [0.1, 0.15) is 5.82 Å². The molecule has 20 heavy (non-hydrogen) atoms. The molecule has 6 heteroatoms. The smallest absolute Gasteiger partial charge is 0.270 e. The second-order valence-corrected chi connectivity index (χ2v) is 5.20. The average Bonchev–Trinajstić information content (AvgIpc) is 2.41. The lowest BCUT2D eigenvalue weighted by molar-refractivity contribution is -0.384. The second kappa shape index (κ2) is 6.00. The molecule has 0 aromatic heterocycles. The van der Waals surface area contributed by atoms with E-state index < -0.39 is 4.92 Å². The van der Waals surface area contributed by atoms with Gasteiger partial charge in [0.2, 0.25) is 0 Å². The van der Waals surface area contributed by atoms with Crippen molar-refractivity contribution in [3.63, 3.8) is 0 Å². The molecule has 2 aromatic rings. The van der Waals surface area contributed by atoms with E-state index in [1.807, 2.05) is 0 Å². The van der Waals surface area contributed by atoms with Crippen LogP contribution in [0.5, 0.6) is 0 Å². The molecule has 0 aliphatic rings. The van der Waals surface area contributed by atoms with Crippen LogP contribution in [0.3, 0.4) is 0 Å². The lowest BCUT2D eigenvalue weighted by Crippen LogP contribution is -2.01. The lowest BCUT2D eigenvalue weighted by Gasteiger charge is -2.09. The molecule has 0 aliphatic carbocycles. The minimum absolute atomic E-state index is 0.0400. The van der Waals surface area contributed by atoms with Crippen LogP contribution in [0.25, 0.3) is 0 Å². The maximum atomic E-state index is 13.1. The van der Waals surface area contributed by atoms with Crippen LogP contribution in [0.4, 0.5) is 15.8 Å². The normalized spacial score (nSPS) is 10.3. The first-order valence-corrected chi connectivity index (χ1v) is 6.69. The van der Waals surface area contributed by atoms with Gasteiger partial charge in [-0.15, -0.1) is 0 Å². The Morgan fingerprint density at radius 2 is 2.05 bits per heavy atom. The Morgan fingerprint density at radius 1 is 1.30 bits per heavy atom. The highest BCUT2D eigenvalue weighted by Crippen LogP contribution is 2.24. The molecular formula is C14H12BrFN2O2. The van der Waals surface area contributed by atoms with Crippen molar-refractivity contribution in [1.82, 2.24) is 0 Å². The van der Waals surface area contributed by atoms with Crippen LogP contribution in [0, 0.1) is 22.9 Å². The topological polar surface area (TPSA) is 55.2 Å². The van der Waals surface area contributed by atoms with Crippen LogP contribution in [0.15, 0.2) is 40.9 Å². The molecule has 0 saturated heterocycles. The van der Waals surface area contributed by atoms with Crippen LogP contribution in [-0.2, 0) is 6.54 Å². The quantitative estimate of drug-likeness (QED) is 0.663. The molecule has 0 amide bonds. The molecule has 4 nitrogen and oxygen atoms in total. The lowest BCUT2D eigenvalue weighted by atomic mass is 10.2. The maximum absolute atomic E-state index is 13.1. The first-order valence-electron chi connectivity index (χ1n) is 5.90. The van der Waals surface area contributed by atoms with Crippen molar-refractivity contribution in [2.45, 2.75) is 13.5 Å². The largest absolute Gasteiger partial charge is 0.381 e. The Bertz CT molecular complexity index is 662. The van der Waals surface area contributed by atoms with Crippen LogP contribution in [0.2, 0.25) is 0 Å². The molecular weight excluding hydrogens is 327 g/mol. The van der Waals surface area contributed by atoms with Crippen LogP contribution in [0.1, 0.15) is 11.1 Å². The molecule has 0 aliphatic heterocycles. The van der Waals surface area contributed by atoms with Gasteiger partial charge in [-0.2, -0.15) is 0 Å². The monoisotopic (exact) mass is 338 g/mol. The summed E-state index contributed by atoms with van der Waals surface area (Å²) in [6.07, 6.45) is 0. The van der Waals surface area contributed by atoms with Gasteiger partial charge in [0, 0.05) is 28.8 Å². The highest BCUT2D eigenvalue weighted by molar-refractivity contribution is 9.10. The minimum Gasteiger partial charge on any atom is -0.381 e. The van der Waals surface area contributed by atoms with Gasteiger partial charge in [-0.05, 0) is 42.3 Å². The molecule has 2 aromatic carbocycles. The van der Waals surface area contributed by atoms with Gasteiger partial charge < -0.3 is 5.32 Å². The maximum Gasteiger partial charge on any atom is 0.270 e. The van der Waals surface area contributed by atoms with E-state index in [9.17, 15) is 14.5 Å². The van der Waals surface area contributed by atoms with Gasteiger partial charge in [-0.1, -0.05) is 15.9 Å². The number of aryl methyl sites for hydroxylation is 1. The second-order valence-electron chi connectivity index (χ2n) is 4.35. The fourth-order valence-electron chi connectivity index (χ4n) is 1.75. The Labute approximate surface area is 123 Å². The summed E-state index contributed by atoms with van der Waals surface area (Å²) in [5, 5.41) is 13.8. The number of anilines is 1. The summed E-state index contributed by atoms with van der Waals surface area (Å²) in [6.45, 7) is 2.19. The van der Waals surface area contributed by atoms with Gasteiger partial charge in [0.15, 0.2) is 0 Å². The summed E-state index contributed by atoms with van der Waals surface area (Å²) in [4.78, 5) is 10.2. The van der Waals surface area contributed by atoms with Crippen molar-refractivity contribution < 1.29 is 9.31 Å². The zero-order chi connectivity index (χ0) is 14.7. The number of benzene rings is 2. The Morgan fingerprint density at radius 3 is 2.65 bits per heavy atom. The molecule has 1 N–H and O–H groups in total. The fraction of sp³-hybridized carbons (Fsp3) is 0.143. The van der Waals surface area contributed by atoms with Gasteiger partial charge >= 0.3 is 0 Å². The summed E-state index contributed by atoms with van der Waals surface area (Å²) in [5.41, 5.74) is 2.29.